The number of rotatable bonds is 7. The summed E-state index contributed by atoms with van der Waals surface area (Å²) in [7, 11) is 4.20. The van der Waals surface area contributed by atoms with Crippen molar-refractivity contribution in [1.82, 2.24) is 9.80 Å². The van der Waals surface area contributed by atoms with E-state index in [1.54, 1.807) is 0 Å². The lowest BCUT2D eigenvalue weighted by molar-refractivity contribution is 0.212. The molecule has 3 nitrogen and oxygen atoms in total. The highest BCUT2D eigenvalue weighted by molar-refractivity contribution is 6.31. The Morgan fingerprint density at radius 3 is 2.46 bits per heavy atom. The predicted molar refractivity (Wildman–Crippen MR) is 100 cm³/mol. The molecule has 0 unspecified atom stereocenters. The quantitative estimate of drug-likeness (QED) is 0.623. The van der Waals surface area contributed by atoms with Crippen LogP contribution >= 0.6 is 11.6 Å². The molecule has 0 aliphatic heterocycles. The standard InChI is InChI=1S/C20H23ClN2O/c1-22(2)10-11-23(14-16-6-4-3-5-7-16)15-19-13-17-12-18(21)8-9-20(17)24-19/h3-9,12-13H,10-11,14-15H2,1-2H3. The van der Waals surface area contributed by atoms with Crippen LogP contribution < -0.4 is 0 Å². The molecule has 0 atom stereocenters. The van der Waals surface area contributed by atoms with Crippen LogP contribution in [0.2, 0.25) is 5.02 Å². The lowest BCUT2D eigenvalue weighted by Gasteiger charge is -2.23. The molecule has 0 aliphatic rings. The summed E-state index contributed by atoms with van der Waals surface area (Å²) in [6.45, 7) is 3.69. The molecule has 1 aromatic heterocycles. The molecule has 3 aromatic rings. The molecule has 0 amide bonds. The van der Waals surface area contributed by atoms with Gasteiger partial charge in [-0.3, -0.25) is 4.90 Å². The van der Waals surface area contributed by atoms with Gasteiger partial charge < -0.3 is 9.32 Å². The molecular formula is C20H23ClN2O. The van der Waals surface area contributed by atoms with E-state index in [1.807, 2.05) is 18.2 Å². The van der Waals surface area contributed by atoms with Crippen LogP contribution in [0.1, 0.15) is 11.3 Å². The Morgan fingerprint density at radius 1 is 0.917 bits per heavy atom. The van der Waals surface area contributed by atoms with E-state index in [0.717, 1.165) is 47.9 Å². The highest BCUT2D eigenvalue weighted by Gasteiger charge is 2.11. The van der Waals surface area contributed by atoms with Gasteiger partial charge in [-0.2, -0.15) is 0 Å². The van der Waals surface area contributed by atoms with Crippen LogP contribution in [0, 0.1) is 0 Å². The van der Waals surface area contributed by atoms with Crippen molar-refractivity contribution >= 4 is 22.6 Å². The first-order valence-corrected chi connectivity index (χ1v) is 8.57. The molecule has 2 aromatic carbocycles. The van der Waals surface area contributed by atoms with Crippen molar-refractivity contribution in [3.63, 3.8) is 0 Å². The van der Waals surface area contributed by atoms with Gasteiger partial charge in [0, 0.05) is 30.0 Å². The van der Waals surface area contributed by atoms with Gasteiger partial charge in [-0.15, -0.1) is 0 Å². The number of halogens is 1. The summed E-state index contributed by atoms with van der Waals surface area (Å²) < 4.78 is 5.98. The van der Waals surface area contributed by atoms with Crippen LogP contribution in [0.5, 0.6) is 0 Å². The Balaban J connectivity index is 1.76. The summed E-state index contributed by atoms with van der Waals surface area (Å²) >= 11 is 6.07. The summed E-state index contributed by atoms with van der Waals surface area (Å²) in [5, 5.41) is 1.80. The van der Waals surface area contributed by atoms with Gasteiger partial charge in [-0.05, 0) is 43.9 Å². The van der Waals surface area contributed by atoms with Crippen molar-refractivity contribution in [1.29, 1.82) is 0 Å². The Kier molecular flexibility index (Phi) is 5.56. The third-order valence-electron chi connectivity index (χ3n) is 4.02. The van der Waals surface area contributed by atoms with Gasteiger partial charge in [-0.25, -0.2) is 0 Å². The predicted octanol–water partition coefficient (Wildman–Crippen LogP) is 4.65. The van der Waals surface area contributed by atoms with Crippen LogP contribution in [0.4, 0.5) is 0 Å². The topological polar surface area (TPSA) is 19.6 Å². The van der Waals surface area contributed by atoms with E-state index in [1.165, 1.54) is 5.56 Å². The summed E-state index contributed by atoms with van der Waals surface area (Å²) in [5.74, 6) is 0.974. The third kappa shape index (κ3) is 4.60. The average molecular weight is 343 g/mol. The van der Waals surface area contributed by atoms with Gasteiger partial charge in [0.25, 0.3) is 0 Å². The molecule has 24 heavy (non-hydrogen) atoms. The van der Waals surface area contributed by atoms with Crippen LogP contribution in [0.3, 0.4) is 0 Å². The number of benzene rings is 2. The zero-order valence-corrected chi connectivity index (χ0v) is 15.0. The molecule has 4 heteroatoms. The minimum atomic E-state index is 0.739. The molecule has 0 bridgehead atoms. The summed E-state index contributed by atoms with van der Waals surface area (Å²) in [4.78, 5) is 4.62. The van der Waals surface area contributed by atoms with Crippen LogP contribution in [-0.2, 0) is 13.1 Å². The van der Waals surface area contributed by atoms with Crippen LogP contribution in [-0.4, -0.2) is 37.0 Å². The Hall–Kier alpha value is -1.81. The van der Waals surface area contributed by atoms with Crippen molar-refractivity contribution in [2.24, 2.45) is 0 Å². The van der Waals surface area contributed by atoms with E-state index in [2.05, 4.69) is 60.3 Å². The van der Waals surface area contributed by atoms with Gasteiger partial charge in [0.2, 0.25) is 0 Å². The molecule has 0 fully saturated rings. The van der Waals surface area contributed by atoms with E-state index in [-0.39, 0.29) is 0 Å². The Labute approximate surface area is 148 Å². The van der Waals surface area contributed by atoms with E-state index >= 15 is 0 Å². The second kappa shape index (κ2) is 7.84. The number of hydrogen-bond acceptors (Lipinski definition) is 3. The number of hydrogen-bond donors (Lipinski definition) is 0. The van der Waals surface area contributed by atoms with E-state index in [9.17, 15) is 0 Å². The summed E-state index contributed by atoms with van der Waals surface area (Å²) in [5.41, 5.74) is 2.21. The molecular weight excluding hydrogens is 320 g/mol. The normalized spacial score (nSPS) is 11.7. The number of nitrogens with zero attached hydrogens (tertiary/aromatic N) is 2. The Morgan fingerprint density at radius 2 is 1.71 bits per heavy atom. The lowest BCUT2D eigenvalue weighted by atomic mass is 10.2. The maximum atomic E-state index is 6.07. The Bertz CT molecular complexity index is 783. The zero-order valence-electron chi connectivity index (χ0n) is 14.2. The molecule has 0 saturated heterocycles. The lowest BCUT2D eigenvalue weighted by Crippen LogP contribution is -2.31. The second-order valence-corrected chi connectivity index (χ2v) is 6.83. The third-order valence-corrected chi connectivity index (χ3v) is 4.26. The second-order valence-electron chi connectivity index (χ2n) is 6.39. The number of likely N-dealkylation sites (N-methyl/N-ethyl adjacent to an activating group) is 1. The molecule has 3 rings (SSSR count). The van der Waals surface area contributed by atoms with E-state index < -0.39 is 0 Å². The zero-order chi connectivity index (χ0) is 16.9. The van der Waals surface area contributed by atoms with Crippen molar-refractivity contribution in [2.45, 2.75) is 13.1 Å². The monoisotopic (exact) mass is 342 g/mol. The molecule has 0 saturated carbocycles. The van der Waals surface area contributed by atoms with Gasteiger partial charge in [0.05, 0.1) is 6.54 Å². The van der Waals surface area contributed by atoms with Gasteiger partial charge in [-0.1, -0.05) is 41.9 Å². The molecule has 0 N–H and O–H groups in total. The molecule has 0 radical (unpaired) electrons. The maximum Gasteiger partial charge on any atom is 0.134 e. The minimum Gasteiger partial charge on any atom is -0.460 e. The number of furan rings is 1. The minimum absolute atomic E-state index is 0.739. The molecule has 126 valence electrons. The fraction of sp³-hybridized carbons (Fsp3) is 0.300. The first-order chi connectivity index (χ1) is 11.6. The van der Waals surface area contributed by atoms with Crippen molar-refractivity contribution in [2.75, 3.05) is 27.2 Å². The fourth-order valence-electron chi connectivity index (χ4n) is 2.76. The van der Waals surface area contributed by atoms with Crippen molar-refractivity contribution in [3.8, 4) is 0 Å². The smallest absolute Gasteiger partial charge is 0.134 e. The largest absolute Gasteiger partial charge is 0.460 e. The van der Waals surface area contributed by atoms with Crippen LogP contribution in [0.25, 0.3) is 11.0 Å². The van der Waals surface area contributed by atoms with Crippen molar-refractivity contribution < 1.29 is 4.42 Å². The molecule has 0 aliphatic carbocycles. The SMILES string of the molecule is CN(C)CCN(Cc1ccccc1)Cc1cc2cc(Cl)ccc2o1. The first-order valence-electron chi connectivity index (χ1n) is 8.19. The summed E-state index contributed by atoms with van der Waals surface area (Å²) in [6.07, 6.45) is 0. The van der Waals surface area contributed by atoms with Gasteiger partial charge >= 0.3 is 0 Å². The van der Waals surface area contributed by atoms with E-state index in [4.69, 9.17) is 16.0 Å². The highest BCUT2D eigenvalue weighted by Crippen LogP contribution is 2.24. The van der Waals surface area contributed by atoms with Crippen LogP contribution in [0.15, 0.2) is 59.0 Å². The van der Waals surface area contributed by atoms with Gasteiger partial charge in [0.1, 0.15) is 11.3 Å². The van der Waals surface area contributed by atoms with Gasteiger partial charge in [0.15, 0.2) is 0 Å². The van der Waals surface area contributed by atoms with E-state index in [0.29, 0.717) is 0 Å². The maximum absolute atomic E-state index is 6.07. The summed E-state index contributed by atoms with van der Waals surface area (Å²) in [6, 6.07) is 18.4. The highest BCUT2D eigenvalue weighted by atomic mass is 35.5. The first kappa shape index (κ1) is 17.0. The fourth-order valence-corrected chi connectivity index (χ4v) is 2.95. The molecule has 0 spiro atoms. The molecule has 1 heterocycles. The van der Waals surface area contributed by atoms with Crippen molar-refractivity contribution in [3.05, 3.63) is 70.9 Å². The number of fused-ring (bicyclic) bond motifs is 1. The average Bonchev–Trinajstić information content (AvgIpc) is 2.95.